The molecule has 2 aliphatic rings. The summed E-state index contributed by atoms with van der Waals surface area (Å²) in [7, 11) is 0. The van der Waals surface area contributed by atoms with Crippen LogP contribution in [0.2, 0.25) is 0 Å². The Morgan fingerprint density at radius 1 is 1.15 bits per heavy atom. The molecule has 0 radical (unpaired) electrons. The van der Waals surface area contributed by atoms with Crippen LogP contribution in [0.4, 0.5) is 0 Å². The topological polar surface area (TPSA) is 73.2 Å². The smallest absolute Gasteiger partial charge is 0.262 e. The average Bonchev–Trinajstić information content (AvgIpc) is 3.55. The van der Waals surface area contributed by atoms with Gasteiger partial charge in [-0.3, -0.25) is 14.2 Å². The van der Waals surface area contributed by atoms with Gasteiger partial charge >= 0.3 is 0 Å². The fourth-order valence-electron chi connectivity index (χ4n) is 4.86. The zero-order chi connectivity index (χ0) is 23.5. The van der Waals surface area contributed by atoms with Crippen molar-refractivity contribution in [3.8, 4) is 0 Å². The molecule has 1 aliphatic carbocycles. The molecule has 178 valence electrons. The first-order valence-corrected chi connectivity index (χ1v) is 13.2. The predicted molar refractivity (Wildman–Crippen MR) is 135 cm³/mol. The minimum absolute atomic E-state index is 0.0335. The van der Waals surface area contributed by atoms with E-state index >= 15 is 0 Å². The van der Waals surface area contributed by atoms with Crippen LogP contribution < -0.4 is 10.9 Å². The number of nitrogens with zero attached hydrogens (tertiary/aromatic N) is 2. The van der Waals surface area contributed by atoms with Crippen molar-refractivity contribution in [1.82, 2.24) is 14.9 Å². The lowest BCUT2D eigenvalue weighted by Gasteiger charge is -2.17. The first-order valence-electron chi connectivity index (χ1n) is 12.2. The van der Waals surface area contributed by atoms with Crippen molar-refractivity contribution in [3.05, 3.63) is 69.5 Å². The minimum Gasteiger partial charge on any atom is -0.376 e. The second-order valence-electron chi connectivity index (χ2n) is 9.35. The van der Waals surface area contributed by atoms with E-state index < -0.39 is 0 Å². The van der Waals surface area contributed by atoms with Crippen LogP contribution >= 0.6 is 11.8 Å². The molecule has 0 unspecified atom stereocenters. The highest BCUT2D eigenvalue weighted by molar-refractivity contribution is 7.98. The second-order valence-corrected chi connectivity index (χ2v) is 10.3. The molecule has 1 N–H and O–H groups in total. The summed E-state index contributed by atoms with van der Waals surface area (Å²) in [6, 6.07) is 13.8. The van der Waals surface area contributed by atoms with E-state index in [0.717, 1.165) is 50.9 Å². The van der Waals surface area contributed by atoms with E-state index in [1.54, 1.807) is 34.5 Å². The number of thioether (sulfide) groups is 1. The van der Waals surface area contributed by atoms with Crippen LogP contribution in [0.25, 0.3) is 10.9 Å². The summed E-state index contributed by atoms with van der Waals surface area (Å²) in [5.41, 5.74) is 3.48. The van der Waals surface area contributed by atoms with Gasteiger partial charge < -0.3 is 10.1 Å². The number of fused-ring (bicyclic) bond motifs is 1. The zero-order valence-corrected chi connectivity index (χ0v) is 20.4. The normalized spacial score (nSPS) is 18.6. The number of nitrogens with one attached hydrogen (secondary N) is 1. The average molecular weight is 478 g/mol. The van der Waals surface area contributed by atoms with Gasteiger partial charge in [0.25, 0.3) is 11.5 Å². The van der Waals surface area contributed by atoms with Gasteiger partial charge in [-0.05, 0) is 61.9 Å². The molecule has 1 atom stereocenters. The third kappa shape index (κ3) is 5.05. The van der Waals surface area contributed by atoms with Gasteiger partial charge in [0.15, 0.2) is 5.16 Å². The van der Waals surface area contributed by atoms with Crippen molar-refractivity contribution in [2.75, 3.05) is 6.61 Å². The Hall–Kier alpha value is -2.64. The molecule has 34 heavy (non-hydrogen) atoms. The number of aromatic nitrogens is 2. The zero-order valence-electron chi connectivity index (χ0n) is 19.6. The van der Waals surface area contributed by atoms with Crippen LogP contribution in [0.5, 0.6) is 0 Å². The Morgan fingerprint density at radius 2 is 1.97 bits per heavy atom. The molecule has 6 nitrogen and oxygen atoms in total. The summed E-state index contributed by atoms with van der Waals surface area (Å²) < 4.78 is 7.59. The summed E-state index contributed by atoms with van der Waals surface area (Å²) in [5.74, 6) is 0.631. The first-order chi connectivity index (χ1) is 16.6. The number of carbonyl (C=O) groups excluding carboxylic acids is 1. The largest absolute Gasteiger partial charge is 0.376 e. The Kier molecular flexibility index (Phi) is 7.02. The number of aryl methyl sites for hydroxylation is 1. The van der Waals surface area contributed by atoms with Gasteiger partial charge in [0.2, 0.25) is 0 Å². The van der Waals surface area contributed by atoms with Gasteiger partial charge in [-0.25, -0.2) is 4.98 Å². The molecule has 0 bridgehead atoms. The molecule has 2 heterocycles. The van der Waals surface area contributed by atoms with E-state index in [9.17, 15) is 9.59 Å². The SMILES string of the molecule is Cc1ccccc1CSc1nc2cc(C(=O)NC3CCCC3)ccc2c(=O)n1C[C@H]1CCCO1. The van der Waals surface area contributed by atoms with Crippen molar-refractivity contribution < 1.29 is 9.53 Å². The van der Waals surface area contributed by atoms with Crippen LogP contribution in [0, 0.1) is 6.92 Å². The molecule has 0 spiro atoms. The summed E-state index contributed by atoms with van der Waals surface area (Å²) in [6.07, 6.45) is 6.40. The molecule has 2 aromatic carbocycles. The van der Waals surface area contributed by atoms with Crippen molar-refractivity contribution in [2.24, 2.45) is 0 Å². The standard InChI is InChI=1S/C27H31N3O3S/c1-18-7-2-3-8-20(18)17-34-27-29-24-15-19(25(31)28-21-9-4-5-10-21)12-13-23(24)26(32)30(27)16-22-11-6-14-33-22/h2-3,7-8,12-13,15,21-22H,4-6,9-11,14,16-17H2,1H3,(H,28,31)/t22-/m1/s1. The molecular formula is C27H31N3O3S. The van der Waals surface area contributed by atoms with Gasteiger partial charge in [0.05, 0.1) is 23.6 Å². The lowest BCUT2D eigenvalue weighted by Crippen LogP contribution is -2.32. The monoisotopic (exact) mass is 477 g/mol. The molecule has 1 saturated carbocycles. The van der Waals surface area contributed by atoms with Gasteiger partial charge in [-0.1, -0.05) is 48.9 Å². The van der Waals surface area contributed by atoms with Crippen LogP contribution in [0.15, 0.2) is 52.4 Å². The summed E-state index contributed by atoms with van der Waals surface area (Å²) in [4.78, 5) is 31.2. The van der Waals surface area contributed by atoms with Gasteiger partial charge in [-0.15, -0.1) is 0 Å². The predicted octanol–water partition coefficient (Wildman–Crippen LogP) is 4.85. The van der Waals surface area contributed by atoms with E-state index in [1.165, 1.54) is 11.1 Å². The van der Waals surface area contributed by atoms with E-state index in [-0.39, 0.29) is 23.6 Å². The van der Waals surface area contributed by atoms with E-state index in [4.69, 9.17) is 9.72 Å². The number of ether oxygens (including phenoxy) is 1. The van der Waals surface area contributed by atoms with Crippen molar-refractivity contribution in [1.29, 1.82) is 0 Å². The Balaban J connectivity index is 1.48. The van der Waals surface area contributed by atoms with Crippen molar-refractivity contribution in [2.45, 2.75) is 75.0 Å². The highest BCUT2D eigenvalue weighted by Crippen LogP contribution is 2.26. The molecule has 1 saturated heterocycles. The lowest BCUT2D eigenvalue weighted by atomic mass is 10.1. The highest BCUT2D eigenvalue weighted by atomic mass is 32.2. The first kappa shape index (κ1) is 23.1. The molecule has 3 aromatic rings. The maximum absolute atomic E-state index is 13.5. The third-order valence-electron chi connectivity index (χ3n) is 6.90. The maximum atomic E-state index is 13.5. The highest BCUT2D eigenvalue weighted by Gasteiger charge is 2.22. The van der Waals surface area contributed by atoms with E-state index in [0.29, 0.717) is 28.2 Å². The minimum atomic E-state index is -0.0896. The Bertz CT molecular complexity index is 1240. The van der Waals surface area contributed by atoms with Crippen LogP contribution in [-0.4, -0.2) is 34.2 Å². The molecular weight excluding hydrogens is 446 g/mol. The van der Waals surface area contributed by atoms with Crippen LogP contribution in [0.3, 0.4) is 0 Å². The molecule has 1 amide bonds. The number of benzene rings is 2. The van der Waals surface area contributed by atoms with Crippen molar-refractivity contribution in [3.63, 3.8) is 0 Å². The van der Waals surface area contributed by atoms with Gasteiger partial charge in [0, 0.05) is 24.0 Å². The molecule has 1 aliphatic heterocycles. The Labute approximate surface area is 204 Å². The fourth-order valence-corrected chi connectivity index (χ4v) is 5.94. The number of hydrogen-bond acceptors (Lipinski definition) is 5. The van der Waals surface area contributed by atoms with Crippen molar-refractivity contribution >= 4 is 28.6 Å². The maximum Gasteiger partial charge on any atom is 0.262 e. The van der Waals surface area contributed by atoms with Gasteiger partial charge in [-0.2, -0.15) is 0 Å². The third-order valence-corrected chi connectivity index (χ3v) is 7.93. The van der Waals surface area contributed by atoms with E-state index in [1.807, 2.05) is 12.1 Å². The summed E-state index contributed by atoms with van der Waals surface area (Å²) >= 11 is 1.56. The van der Waals surface area contributed by atoms with E-state index in [2.05, 4.69) is 24.4 Å². The van der Waals surface area contributed by atoms with Crippen LogP contribution in [-0.2, 0) is 17.0 Å². The number of hydrogen-bond donors (Lipinski definition) is 1. The number of amides is 1. The Morgan fingerprint density at radius 3 is 2.74 bits per heavy atom. The molecule has 7 heteroatoms. The number of rotatable bonds is 7. The molecule has 2 fully saturated rings. The lowest BCUT2D eigenvalue weighted by molar-refractivity contribution is 0.0935. The number of carbonyl (C=O) groups is 1. The summed E-state index contributed by atoms with van der Waals surface area (Å²) in [5, 5.41) is 4.34. The fraction of sp³-hybridized carbons (Fsp3) is 0.444. The van der Waals surface area contributed by atoms with Crippen LogP contribution in [0.1, 0.15) is 60.0 Å². The molecule has 5 rings (SSSR count). The quantitative estimate of drug-likeness (QED) is 0.389. The molecule has 1 aromatic heterocycles. The van der Waals surface area contributed by atoms with Gasteiger partial charge in [0.1, 0.15) is 0 Å². The summed E-state index contributed by atoms with van der Waals surface area (Å²) in [6.45, 7) is 3.34. The second kappa shape index (κ2) is 10.3.